The summed E-state index contributed by atoms with van der Waals surface area (Å²) in [5.41, 5.74) is -0.155. The molecule has 0 radical (unpaired) electrons. The van der Waals surface area contributed by atoms with Crippen molar-refractivity contribution in [2.45, 2.75) is 25.2 Å². The highest BCUT2D eigenvalue weighted by molar-refractivity contribution is 5.25. The quantitative estimate of drug-likeness (QED) is 0.540. The molecule has 0 saturated heterocycles. The van der Waals surface area contributed by atoms with Crippen LogP contribution in [-0.4, -0.2) is 6.17 Å². The van der Waals surface area contributed by atoms with Gasteiger partial charge in [-0.2, -0.15) is 13.2 Å². The van der Waals surface area contributed by atoms with E-state index in [1.54, 1.807) is 0 Å². The van der Waals surface area contributed by atoms with Crippen molar-refractivity contribution in [1.82, 2.24) is 0 Å². The van der Waals surface area contributed by atoms with E-state index in [0.29, 0.717) is 5.56 Å². The van der Waals surface area contributed by atoms with E-state index in [2.05, 4.69) is 6.58 Å². The fourth-order valence-electron chi connectivity index (χ4n) is 1.35. The minimum Gasteiger partial charge on any atom is -0.247 e. The summed E-state index contributed by atoms with van der Waals surface area (Å²) in [4.78, 5) is 0. The van der Waals surface area contributed by atoms with Crippen LogP contribution in [0.4, 0.5) is 17.6 Å². The first-order valence-electron chi connectivity index (χ1n) is 4.84. The van der Waals surface area contributed by atoms with Crippen LogP contribution in [0.15, 0.2) is 36.9 Å². The van der Waals surface area contributed by atoms with Gasteiger partial charge in [0.15, 0.2) is 0 Å². The van der Waals surface area contributed by atoms with Gasteiger partial charge in [0.1, 0.15) is 6.17 Å². The number of hydrogen-bond acceptors (Lipinski definition) is 0. The third kappa shape index (κ3) is 3.68. The molecule has 1 aromatic carbocycles. The molecular weight excluding hydrogens is 220 g/mol. The second-order valence-corrected chi connectivity index (χ2v) is 3.52. The van der Waals surface area contributed by atoms with Crippen molar-refractivity contribution < 1.29 is 17.6 Å². The van der Waals surface area contributed by atoms with Gasteiger partial charge < -0.3 is 0 Å². The van der Waals surface area contributed by atoms with Gasteiger partial charge in [-0.3, -0.25) is 0 Å². The largest absolute Gasteiger partial charge is 0.416 e. The Labute approximate surface area is 91.6 Å². The molecule has 0 aliphatic heterocycles. The van der Waals surface area contributed by atoms with Gasteiger partial charge in [-0.1, -0.05) is 18.2 Å². The predicted molar refractivity (Wildman–Crippen MR) is 54.9 cm³/mol. The Morgan fingerprint density at radius 3 is 2.19 bits per heavy atom. The maximum Gasteiger partial charge on any atom is 0.416 e. The minimum absolute atomic E-state index is 0.115. The van der Waals surface area contributed by atoms with Crippen LogP contribution in [0, 0.1) is 0 Å². The fourth-order valence-corrected chi connectivity index (χ4v) is 1.35. The van der Waals surface area contributed by atoms with Crippen LogP contribution in [-0.2, 0) is 12.6 Å². The highest BCUT2D eigenvalue weighted by Crippen LogP contribution is 2.29. The van der Waals surface area contributed by atoms with Crippen molar-refractivity contribution in [3.8, 4) is 0 Å². The fraction of sp³-hybridized carbons (Fsp3) is 0.333. The monoisotopic (exact) mass is 232 g/mol. The SMILES string of the molecule is C=CCC(F)Cc1ccc(C(F)(F)F)cc1. The van der Waals surface area contributed by atoms with Gasteiger partial charge in [-0.15, -0.1) is 6.58 Å². The molecule has 0 aromatic heterocycles. The molecule has 1 atom stereocenters. The molecule has 0 amide bonds. The Morgan fingerprint density at radius 2 is 1.75 bits per heavy atom. The molecular formula is C12H12F4. The topological polar surface area (TPSA) is 0 Å². The van der Waals surface area contributed by atoms with Crippen molar-refractivity contribution in [3.63, 3.8) is 0 Å². The zero-order chi connectivity index (χ0) is 12.2. The number of rotatable bonds is 4. The first-order chi connectivity index (χ1) is 7.43. The van der Waals surface area contributed by atoms with Gasteiger partial charge in [-0.05, 0) is 24.1 Å². The van der Waals surface area contributed by atoms with Crippen LogP contribution in [0.5, 0.6) is 0 Å². The summed E-state index contributed by atoms with van der Waals surface area (Å²) in [6.45, 7) is 3.40. The van der Waals surface area contributed by atoms with Gasteiger partial charge in [0.2, 0.25) is 0 Å². The minimum atomic E-state index is -4.34. The molecule has 1 unspecified atom stereocenters. The Bertz CT molecular complexity index is 337. The molecule has 1 aromatic rings. The van der Waals surface area contributed by atoms with Crippen LogP contribution in [0.25, 0.3) is 0 Å². The Balaban J connectivity index is 2.68. The van der Waals surface area contributed by atoms with Gasteiger partial charge >= 0.3 is 6.18 Å². The van der Waals surface area contributed by atoms with E-state index < -0.39 is 17.9 Å². The van der Waals surface area contributed by atoms with E-state index in [1.807, 2.05) is 0 Å². The average molecular weight is 232 g/mol. The Morgan fingerprint density at radius 1 is 1.19 bits per heavy atom. The van der Waals surface area contributed by atoms with E-state index in [4.69, 9.17) is 0 Å². The zero-order valence-electron chi connectivity index (χ0n) is 8.60. The number of halogens is 4. The zero-order valence-corrected chi connectivity index (χ0v) is 8.60. The van der Waals surface area contributed by atoms with Crippen molar-refractivity contribution >= 4 is 0 Å². The number of allylic oxidation sites excluding steroid dienone is 1. The van der Waals surface area contributed by atoms with Gasteiger partial charge in [0.05, 0.1) is 5.56 Å². The smallest absolute Gasteiger partial charge is 0.247 e. The summed E-state index contributed by atoms with van der Waals surface area (Å²) >= 11 is 0. The van der Waals surface area contributed by atoms with Crippen molar-refractivity contribution in [3.05, 3.63) is 48.0 Å². The van der Waals surface area contributed by atoms with Gasteiger partial charge in [-0.25, -0.2) is 4.39 Å². The average Bonchev–Trinajstić information content (AvgIpc) is 2.17. The Hall–Kier alpha value is -1.32. The van der Waals surface area contributed by atoms with E-state index in [9.17, 15) is 17.6 Å². The summed E-state index contributed by atoms with van der Waals surface area (Å²) in [6.07, 6.45) is -3.65. The molecule has 0 bridgehead atoms. The molecule has 16 heavy (non-hydrogen) atoms. The summed E-state index contributed by atoms with van der Waals surface area (Å²) in [5, 5.41) is 0. The molecule has 0 saturated carbocycles. The van der Waals surface area contributed by atoms with Crippen LogP contribution in [0.3, 0.4) is 0 Å². The first-order valence-corrected chi connectivity index (χ1v) is 4.84. The maximum absolute atomic E-state index is 13.1. The van der Waals surface area contributed by atoms with E-state index in [-0.39, 0.29) is 12.8 Å². The molecule has 0 N–H and O–H groups in total. The lowest BCUT2D eigenvalue weighted by molar-refractivity contribution is -0.137. The number of hydrogen-bond donors (Lipinski definition) is 0. The van der Waals surface area contributed by atoms with Crippen molar-refractivity contribution in [1.29, 1.82) is 0 Å². The molecule has 0 spiro atoms. The third-order valence-electron chi connectivity index (χ3n) is 2.16. The highest BCUT2D eigenvalue weighted by Gasteiger charge is 2.29. The maximum atomic E-state index is 13.1. The number of benzene rings is 1. The first kappa shape index (κ1) is 12.7. The normalized spacial score (nSPS) is 13.5. The van der Waals surface area contributed by atoms with Crippen LogP contribution >= 0.6 is 0 Å². The highest BCUT2D eigenvalue weighted by atomic mass is 19.4. The van der Waals surface area contributed by atoms with E-state index >= 15 is 0 Å². The molecule has 88 valence electrons. The summed E-state index contributed by atoms with van der Waals surface area (Å²) in [5.74, 6) is 0. The number of alkyl halides is 4. The Kier molecular flexibility index (Phi) is 4.10. The lowest BCUT2D eigenvalue weighted by atomic mass is 10.0. The van der Waals surface area contributed by atoms with Crippen molar-refractivity contribution in [2.75, 3.05) is 0 Å². The molecule has 1 rings (SSSR count). The molecule has 0 fully saturated rings. The summed E-state index contributed by atoms with van der Waals surface area (Å²) in [7, 11) is 0. The summed E-state index contributed by atoms with van der Waals surface area (Å²) in [6, 6.07) is 4.54. The summed E-state index contributed by atoms with van der Waals surface area (Å²) < 4.78 is 49.8. The predicted octanol–water partition coefficient (Wildman–Crippen LogP) is 4.16. The van der Waals surface area contributed by atoms with E-state index in [0.717, 1.165) is 12.1 Å². The standard InChI is InChI=1S/C12H12F4/c1-2-3-11(13)8-9-4-6-10(7-5-9)12(14,15)16/h2,4-7,11H,1,3,8H2. The van der Waals surface area contributed by atoms with Crippen LogP contribution in [0.1, 0.15) is 17.5 Å². The second kappa shape index (κ2) is 5.14. The molecule has 4 heteroatoms. The van der Waals surface area contributed by atoms with Crippen LogP contribution in [0.2, 0.25) is 0 Å². The molecule has 0 aliphatic carbocycles. The van der Waals surface area contributed by atoms with E-state index in [1.165, 1.54) is 18.2 Å². The van der Waals surface area contributed by atoms with Crippen molar-refractivity contribution in [2.24, 2.45) is 0 Å². The molecule has 0 aliphatic rings. The lowest BCUT2D eigenvalue weighted by Crippen LogP contribution is -2.06. The molecule has 0 nitrogen and oxygen atoms in total. The lowest BCUT2D eigenvalue weighted by Gasteiger charge is -2.09. The second-order valence-electron chi connectivity index (χ2n) is 3.52. The van der Waals surface area contributed by atoms with Crippen LogP contribution < -0.4 is 0 Å². The third-order valence-corrected chi connectivity index (χ3v) is 2.16. The van der Waals surface area contributed by atoms with Gasteiger partial charge in [0, 0.05) is 6.42 Å². The van der Waals surface area contributed by atoms with Gasteiger partial charge in [0.25, 0.3) is 0 Å². The molecule has 0 heterocycles.